The molecule has 21 heavy (non-hydrogen) atoms. The molecule has 0 amide bonds. The van der Waals surface area contributed by atoms with Crippen molar-refractivity contribution in [3.63, 3.8) is 0 Å². The van der Waals surface area contributed by atoms with Crippen molar-refractivity contribution in [2.45, 2.75) is 25.0 Å². The molecule has 0 bridgehead atoms. The third-order valence-corrected chi connectivity index (χ3v) is 3.58. The van der Waals surface area contributed by atoms with E-state index in [1.165, 1.54) is 12.1 Å². The van der Waals surface area contributed by atoms with Crippen molar-refractivity contribution < 1.29 is 13.5 Å². The van der Waals surface area contributed by atoms with Gasteiger partial charge in [0.05, 0.1) is 12.1 Å². The maximum atomic E-state index is 14.0. The smallest absolute Gasteiger partial charge is 0.131 e. The van der Waals surface area contributed by atoms with Crippen LogP contribution < -0.4 is 10.1 Å². The molecule has 0 spiro atoms. The van der Waals surface area contributed by atoms with Gasteiger partial charge < -0.3 is 10.1 Å². The largest absolute Gasteiger partial charge is 0.490 e. The summed E-state index contributed by atoms with van der Waals surface area (Å²) >= 11 is 0. The van der Waals surface area contributed by atoms with Crippen LogP contribution in [0.25, 0.3) is 0 Å². The maximum Gasteiger partial charge on any atom is 0.131 e. The van der Waals surface area contributed by atoms with Crippen molar-refractivity contribution in [1.82, 2.24) is 5.32 Å². The minimum absolute atomic E-state index is 0.316. The molecule has 3 rings (SSSR count). The van der Waals surface area contributed by atoms with Crippen LogP contribution >= 0.6 is 0 Å². The van der Waals surface area contributed by atoms with Crippen LogP contribution in [0.3, 0.4) is 0 Å². The summed E-state index contributed by atoms with van der Waals surface area (Å²) in [5, 5.41) is 3.07. The molecule has 0 aromatic heterocycles. The fraction of sp³-hybridized carbons (Fsp3) is 0.294. The lowest BCUT2D eigenvalue weighted by molar-refractivity contribution is 0.302. The van der Waals surface area contributed by atoms with Crippen molar-refractivity contribution >= 4 is 0 Å². The van der Waals surface area contributed by atoms with Crippen LogP contribution in [0.15, 0.2) is 42.5 Å². The van der Waals surface area contributed by atoms with Crippen molar-refractivity contribution in [3.8, 4) is 5.75 Å². The quantitative estimate of drug-likeness (QED) is 0.903. The third-order valence-electron chi connectivity index (χ3n) is 3.58. The Hall–Kier alpha value is -1.94. The van der Waals surface area contributed by atoms with Crippen LogP contribution in [0, 0.1) is 11.6 Å². The van der Waals surface area contributed by atoms with E-state index in [1.807, 2.05) is 24.3 Å². The van der Waals surface area contributed by atoms with E-state index in [4.69, 9.17) is 4.74 Å². The van der Waals surface area contributed by atoms with E-state index in [9.17, 15) is 8.78 Å². The molecule has 0 radical (unpaired) electrons. The summed E-state index contributed by atoms with van der Waals surface area (Å²) in [6.45, 7) is 0. The normalized spacial score (nSPS) is 15.8. The molecule has 2 aromatic carbocycles. The highest BCUT2D eigenvalue weighted by molar-refractivity contribution is 5.37. The van der Waals surface area contributed by atoms with E-state index in [-0.39, 0.29) is 6.04 Å². The molecule has 2 aromatic rings. The summed E-state index contributed by atoms with van der Waals surface area (Å²) in [5.41, 5.74) is 1.31. The van der Waals surface area contributed by atoms with E-state index in [0.29, 0.717) is 11.7 Å². The SMILES string of the molecule is CNC(c1cccc(OC2CC2)c1)c1ccc(F)cc1F. The lowest BCUT2D eigenvalue weighted by Gasteiger charge is -2.19. The minimum Gasteiger partial charge on any atom is -0.490 e. The molecule has 1 unspecified atom stereocenters. The highest BCUT2D eigenvalue weighted by atomic mass is 19.1. The zero-order valence-electron chi connectivity index (χ0n) is 11.8. The van der Waals surface area contributed by atoms with Crippen molar-refractivity contribution in [2.24, 2.45) is 0 Å². The summed E-state index contributed by atoms with van der Waals surface area (Å²) in [5.74, 6) is -0.336. The molecule has 1 saturated carbocycles. The predicted molar refractivity (Wildman–Crippen MR) is 77.4 cm³/mol. The Morgan fingerprint density at radius 3 is 2.62 bits per heavy atom. The molecule has 1 fully saturated rings. The number of halogens is 2. The van der Waals surface area contributed by atoms with Gasteiger partial charge >= 0.3 is 0 Å². The summed E-state index contributed by atoms with van der Waals surface area (Å²) < 4.78 is 32.8. The van der Waals surface area contributed by atoms with Gasteiger partial charge in [0.1, 0.15) is 17.4 Å². The summed E-state index contributed by atoms with van der Waals surface area (Å²) in [6, 6.07) is 10.9. The van der Waals surface area contributed by atoms with Gasteiger partial charge in [-0.1, -0.05) is 18.2 Å². The van der Waals surface area contributed by atoms with E-state index in [1.54, 1.807) is 7.05 Å². The predicted octanol–water partition coefficient (Wildman–Crippen LogP) is 3.81. The fourth-order valence-corrected chi connectivity index (χ4v) is 2.38. The Morgan fingerprint density at radius 2 is 1.95 bits per heavy atom. The minimum atomic E-state index is -0.572. The number of ether oxygens (including phenoxy) is 1. The molecule has 110 valence electrons. The lowest BCUT2D eigenvalue weighted by Crippen LogP contribution is -2.19. The molecule has 1 N–H and O–H groups in total. The van der Waals surface area contributed by atoms with Gasteiger partial charge in [0, 0.05) is 11.6 Å². The number of rotatable bonds is 5. The van der Waals surface area contributed by atoms with Gasteiger partial charge in [0.15, 0.2) is 0 Å². The molecule has 1 aliphatic rings. The van der Waals surface area contributed by atoms with Gasteiger partial charge in [-0.2, -0.15) is 0 Å². The van der Waals surface area contributed by atoms with Gasteiger partial charge in [-0.15, -0.1) is 0 Å². The molecular weight excluding hydrogens is 272 g/mol. The molecule has 0 heterocycles. The molecule has 1 atom stereocenters. The van der Waals surface area contributed by atoms with E-state index in [2.05, 4.69) is 5.32 Å². The summed E-state index contributed by atoms with van der Waals surface area (Å²) in [6.07, 6.45) is 2.49. The number of hydrogen-bond donors (Lipinski definition) is 1. The highest BCUT2D eigenvalue weighted by Crippen LogP contribution is 2.30. The molecule has 2 nitrogen and oxygen atoms in total. The second-order valence-corrected chi connectivity index (χ2v) is 5.28. The molecule has 0 saturated heterocycles. The zero-order chi connectivity index (χ0) is 14.8. The molecule has 4 heteroatoms. The van der Waals surface area contributed by atoms with Gasteiger partial charge in [0.2, 0.25) is 0 Å². The molecule has 0 aliphatic heterocycles. The average Bonchev–Trinajstić information content (AvgIpc) is 3.26. The Kier molecular flexibility index (Phi) is 3.88. The fourth-order valence-electron chi connectivity index (χ4n) is 2.38. The Labute approximate surface area is 122 Å². The number of benzene rings is 2. The van der Waals surface area contributed by atoms with Crippen LogP contribution in [-0.4, -0.2) is 13.2 Å². The first kappa shape index (κ1) is 14.0. The number of hydrogen-bond acceptors (Lipinski definition) is 2. The Balaban J connectivity index is 1.91. The van der Waals surface area contributed by atoms with Crippen LogP contribution in [0.5, 0.6) is 5.75 Å². The molecule has 1 aliphatic carbocycles. The number of nitrogens with one attached hydrogen (secondary N) is 1. The van der Waals surface area contributed by atoms with Crippen LogP contribution in [0.4, 0.5) is 8.78 Å². The van der Waals surface area contributed by atoms with Gasteiger partial charge in [-0.25, -0.2) is 8.78 Å². The Morgan fingerprint density at radius 1 is 1.14 bits per heavy atom. The van der Waals surface area contributed by atoms with Crippen molar-refractivity contribution in [1.29, 1.82) is 0 Å². The zero-order valence-corrected chi connectivity index (χ0v) is 11.8. The van der Waals surface area contributed by atoms with Crippen LogP contribution in [-0.2, 0) is 0 Å². The monoisotopic (exact) mass is 289 g/mol. The van der Waals surface area contributed by atoms with E-state index in [0.717, 1.165) is 30.2 Å². The van der Waals surface area contributed by atoms with Gasteiger partial charge in [-0.3, -0.25) is 0 Å². The first-order chi connectivity index (χ1) is 10.2. The van der Waals surface area contributed by atoms with E-state index >= 15 is 0 Å². The second-order valence-electron chi connectivity index (χ2n) is 5.28. The third kappa shape index (κ3) is 3.22. The topological polar surface area (TPSA) is 21.3 Å². The maximum absolute atomic E-state index is 14.0. The van der Waals surface area contributed by atoms with E-state index < -0.39 is 11.6 Å². The van der Waals surface area contributed by atoms with Crippen molar-refractivity contribution in [2.75, 3.05) is 7.05 Å². The van der Waals surface area contributed by atoms with Gasteiger partial charge in [0.25, 0.3) is 0 Å². The average molecular weight is 289 g/mol. The van der Waals surface area contributed by atoms with Crippen molar-refractivity contribution in [3.05, 3.63) is 65.2 Å². The van der Waals surface area contributed by atoms with Crippen LogP contribution in [0.2, 0.25) is 0 Å². The first-order valence-electron chi connectivity index (χ1n) is 7.06. The molecular formula is C17H17F2NO. The Bertz CT molecular complexity index is 640. The standard InChI is InChI=1S/C17H17F2NO/c1-20-17(15-8-5-12(18)10-16(15)19)11-3-2-4-14(9-11)21-13-6-7-13/h2-5,8-10,13,17,20H,6-7H2,1H3. The second kappa shape index (κ2) is 5.82. The lowest BCUT2D eigenvalue weighted by atomic mass is 9.98. The van der Waals surface area contributed by atoms with Gasteiger partial charge in [-0.05, 0) is 43.7 Å². The first-order valence-corrected chi connectivity index (χ1v) is 7.06. The summed E-state index contributed by atoms with van der Waals surface area (Å²) in [4.78, 5) is 0. The highest BCUT2D eigenvalue weighted by Gasteiger charge is 2.24. The van der Waals surface area contributed by atoms with Crippen LogP contribution in [0.1, 0.15) is 30.0 Å². The summed E-state index contributed by atoms with van der Waals surface area (Å²) in [7, 11) is 1.75.